The van der Waals surface area contributed by atoms with Gasteiger partial charge < -0.3 is 10.2 Å². The van der Waals surface area contributed by atoms with Gasteiger partial charge in [-0.3, -0.25) is 4.79 Å². The average Bonchev–Trinajstić information content (AvgIpc) is 2.41. The first-order valence-corrected chi connectivity index (χ1v) is 6.91. The Morgan fingerprint density at radius 2 is 2.00 bits per heavy atom. The maximum absolute atomic E-state index is 11.8. The second-order valence-corrected chi connectivity index (χ2v) is 4.85. The van der Waals surface area contributed by atoms with Crippen LogP contribution < -0.4 is 10.2 Å². The number of hydrogen-bond acceptors (Lipinski definition) is 2. The summed E-state index contributed by atoms with van der Waals surface area (Å²) in [5.41, 5.74) is 2.32. The smallest absolute Gasteiger partial charge is 0.226 e. The molecule has 0 unspecified atom stereocenters. The standard InChI is InChI=1S/C15H22N2O/c1-2-10-16-12-13-6-8-14(9-7-13)17-11-4-3-5-15(17)18/h6-9,16H,2-5,10-12H2,1H3. The van der Waals surface area contributed by atoms with Crippen molar-refractivity contribution >= 4 is 11.6 Å². The van der Waals surface area contributed by atoms with Crippen LogP contribution in [-0.4, -0.2) is 19.0 Å². The first kappa shape index (κ1) is 13.1. The number of piperidine rings is 1. The Hall–Kier alpha value is -1.35. The molecule has 1 amide bonds. The summed E-state index contributed by atoms with van der Waals surface area (Å²) in [5, 5.41) is 3.38. The fourth-order valence-corrected chi connectivity index (χ4v) is 2.28. The Bertz CT molecular complexity index is 386. The molecule has 3 nitrogen and oxygen atoms in total. The fraction of sp³-hybridized carbons (Fsp3) is 0.533. The second kappa shape index (κ2) is 6.55. The molecule has 0 atom stereocenters. The van der Waals surface area contributed by atoms with E-state index < -0.39 is 0 Å². The highest BCUT2D eigenvalue weighted by molar-refractivity contribution is 5.93. The van der Waals surface area contributed by atoms with Crippen molar-refractivity contribution in [2.75, 3.05) is 18.0 Å². The SMILES string of the molecule is CCCNCc1ccc(N2CCCCC2=O)cc1. The number of nitrogens with zero attached hydrogens (tertiary/aromatic N) is 1. The van der Waals surface area contributed by atoms with E-state index in [1.54, 1.807) is 0 Å². The molecule has 0 aromatic heterocycles. The lowest BCUT2D eigenvalue weighted by atomic mass is 10.1. The molecule has 1 aromatic carbocycles. The highest BCUT2D eigenvalue weighted by Gasteiger charge is 2.19. The summed E-state index contributed by atoms with van der Waals surface area (Å²) in [4.78, 5) is 13.7. The maximum Gasteiger partial charge on any atom is 0.226 e. The third kappa shape index (κ3) is 3.33. The predicted molar refractivity (Wildman–Crippen MR) is 74.6 cm³/mol. The lowest BCUT2D eigenvalue weighted by Crippen LogP contribution is -2.35. The topological polar surface area (TPSA) is 32.3 Å². The Labute approximate surface area is 109 Å². The van der Waals surface area contributed by atoms with E-state index in [2.05, 4.69) is 36.5 Å². The van der Waals surface area contributed by atoms with Crippen molar-refractivity contribution in [3.8, 4) is 0 Å². The molecule has 0 bridgehead atoms. The van der Waals surface area contributed by atoms with Crippen LogP contribution in [0.25, 0.3) is 0 Å². The first-order chi connectivity index (χ1) is 8.81. The van der Waals surface area contributed by atoms with Crippen LogP contribution in [-0.2, 0) is 11.3 Å². The number of amides is 1. The normalized spacial score (nSPS) is 16.1. The van der Waals surface area contributed by atoms with E-state index >= 15 is 0 Å². The largest absolute Gasteiger partial charge is 0.313 e. The molecule has 1 aliphatic rings. The van der Waals surface area contributed by atoms with Gasteiger partial charge in [-0.15, -0.1) is 0 Å². The molecule has 1 aliphatic heterocycles. The van der Waals surface area contributed by atoms with E-state index in [1.807, 2.05) is 4.90 Å². The Kier molecular flexibility index (Phi) is 4.76. The lowest BCUT2D eigenvalue weighted by molar-refractivity contribution is -0.119. The molecule has 1 N–H and O–H groups in total. The molecule has 0 spiro atoms. The number of hydrogen-bond donors (Lipinski definition) is 1. The summed E-state index contributed by atoms with van der Waals surface area (Å²) in [7, 11) is 0. The summed E-state index contributed by atoms with van der Waals surface area (Å²) in [5.74, 6) is 0.262. The van der Waals surface area contributed by atoms with Crippen molar-refractivity contribution in [1.29, 1.82) is 0 Å². The van der Waals surface area contributed by atoms with Crippen molar-refractivity contribution in [1.82, 2.24) is 5.32 Å². The molecule has 1 aromatic rings. The quantitative estimate of drug-likeness (QED) is 0.810. The van der Waals surface area contributed by atoms with E-state index in [4.69, 9.17) is 0 Å². The Morgan fingerprint density at radius 1 is 1.22 bits per heavy atom. The summed E-state index contributed by atoms with van der Waals surface area (Å²) < 4.78 is 0. The Morgan fingerprint density at radius 3 is 2.67 bits per heavy atom. The molecule has 1 heterocycles. The van der Waals surface area contributed by atoms with Gasteiger partial charge in [0.15, 0.2) is 0 Å². The summed E-state index contributed by atoms with van der Waals surface area (Å²) in [6.07, 6.45) is 4.00. The van der Waals surface area contributed by atoms with Crippen LogP contribution in [0.5, 0.6) is 0 Å². The lowest BCUT2D eigenvalue weighted by Gasteiger charge is -2.26. The van der Waals surface area contributed by atoms with Crippen LogP contribution in [0.4, 0.5) is 5.69 Å². The van der Waals surface area contributed by atoms with Crippen molar-refractivity contribution < 1.29 is 4.79 Å². The van der Waals surface area contributed by atoms with Gasteiger partial charge in [0.05, 0.1) is 0 Å². The average molecular weight is 246 g/mol. The molecule has 0 aliphatic carbocycles. The van der Waals surface area contributed by atoms with Crippen molar-refractivity contribution in [2.24, 2.45) is 0 Å². The maximum atomic E-state index is 11.8. The van der Waals surface area contributed by atoms with Crippen molar-refractivity contribution in [3.63, 3.8) is 0 Å². The number of benzene rings is 1. The number of nitrogens with one attached hydrogen (secondary N) is 1. The molecule has 1 saturated heterocycles. The van der Waals surface area contributed by atoms with Crippen molar-refractivity contribution in [2.45, 2.75) is 39.2 Å². The molecule has 0 saturated carbocycles. The minimum absolute atomic E-state index is 0.262. The van der Waals surface area contributed by atoms with E-state index in [9.17, 15) is 4.79 Å². The summed E-state index contributed by atoms with van der Waals surface area (Å²) >= 11 is 0. The summed E-state index contributed by atoms with van der Waals surface area (Å²) in [6.45, 7) is 4.98. The number of carbonyl (C=O) groups excluding carboxylic acids is 1. The van der Waals surface area contributed by atoms with Gasteiger partial charge in [0, 0.05) is 25.2 Å². The van der Waals surface area contributed by atoms with Crippen LogP contribution >= 0.6 is 0 Å². The van der Waals surface area contributed by atoms with E-state index in [0.29, 0.717) is 6.42 Å². The fourth-order valence-electron chi connectivity index (χ4n) is 2.28. The van der Waals surface area contributed by atoms with Crippen LogP contribution in [0.2, 0.25) is 0 Å². The number of rotatable bonds is 5. The highest BCUT2D eigenvalue weighted by Crippen LogP contribution is 2.21. The van der Waals surface area contributed by atoms with Gasteiger partial charge in [-0.25, -0.2) is 0 Å². The molecule has 98 valence electrons. The predicted octanol–water partition coefficient (Wildman–Crippen LogP) is 2.70. The van der Waals surface area contributed by atoms with Gasteiger partial charge in [0.2, 0.25) is 5.91 Å². The zero-order valence-corrected chi connectivity index (χ0v) is 11.1. The van der Waals surface area contributed by atoms with Crippen LogP contribution in [0.1, 0.15) is 38.2 Å². The van der Waals surface area contributed by atoms with Crippen molar-refractivity contribution in [3.05, 3.63) is 29.8 Å². The number of anilines is 1. The molecular weight excluding hydrogens is 224 g/mol. The van der Waals surface area contributed by atoms with Crippen LogP contribution in [0.3, 0.4) is 0 Å². The van der Waals surface area contributed by atoms with E-state index in [1.165, 1.54) is 5.56 Å². The van der Waals surface area contributed by atoms with E-state index in [0.717, 1.165) is 44.6 Å². The minimum Gasteiger partial charge on any atom is -0.313 e. The third-order valence-corrected chi connectivity index (χ3v) is 3.33. The molecule has 1 fully saturated rings. The zero-order valence-electron chi connectivity index (χ0n) is 11.1. The monoisotopic (exact) mass is 246 g/mol. The van der Waals surface area contributed by atoms with Gasteiger partial charge in [0.25, 0.3) is 0 Å². The van der Waals surface area contributed by atoms with E-state index in [-0.39, 0.29) is 5.91 Å². The van der Waals surface area contributed by atoms with Gasteiger partial charge in [-0.05, 0) is 43.5 Å². The van der Waals surface area contributed by atoms with Crippen LogP contribution in [0.15, 0.2) is 24.3 Å². The molecule has 2 rings (SSSR count). The van der Waals surface area contributed by atoms with Gasteiger partial charge >= 0.3 is 0 Å². The second-order valence-electron chi connectivity index (χ2n) is 4.85. The molecule has 18 heavy (non-hydrogen) atoms. The molecule has 3 heteroatoms. The van der Waals surface area contributed by atoms with Crippen LogP contribution in [0, 0.1) is 0 Å². The van der Waals surface area contributed by atoms with Gasteiger partial charge in [0.1, 0.15) is 0 Å². The molecular formula is C15H22N2O. The van der Waals surface area contributed by atoms with Gasteiger partial charge in [-0.1, -0.05) is 19.1 Å². The number of carbonyl (C=O) groups is 1. The Balaban J connectivity index is 1.96. The first-order valence-electron chi connectivity index (χ1n) is 6.91. The zero-order chi connectivity index (χ0) is 12.8. The molecule has 0 radical (unpaired) electrons. The third-order valence-electron chi connectivity index (χ3n) is 3.33. The highest BCUT2D eigenvalue weighted by atomic mass is 16.2. The van der Waals surface area contributed by atoms with Gasteiger partial charge in [-0.2, -0.15) is 0 Å². The summed E-state index contributed by atoms with van der Waals surface area (Å²) in [6, 6.07) is 8.35. The minimum atomic E-state index is 0.262.